The van der Waals surface area contributed by atoms with E-state index in [1.807, 2.05) is 6.92 Å². The van der Waals surface area contributed by atoms with Crippen molar-refractivity contribution in [1.29, 1.82) is 0 Å². The molecule has 4 aromatic rings. The highest BCUT2D eigenvalue weighted by Gasteiger charge is 2.15. The number of hydrogen-bond acceptors (Lipinski definition) is 7. The predicted octanol–water partition coefficient (Wildman–Crippen LogP) is 5.98. The third kappa shape index (κ3) is 5.87. The Morgan fingerprint density at radius 2 is 1.94 bits per heavy atom. The molecule has 0 saturated heterocycles. The molecular formula is C25H19BrFN3O6. The van der Waals surface area contributed by atoms with Crippen LogP contribution in [-0.2, 0) is 6.61 Å². The summed E-state index contributed by atoms with van der Waals surface area (Å²) in [6.07, 6.45) is 1.42. The third-order valence-corrected chi connectivity index (χ3v) is 5.53. The summed E-state index contributed by atoms with van der Waals surface area (Å²) in [5, 5.41) is 15.3. The smallest absolute Gasteiger partial charge is 0.307 e. The predicted molar refractivity (Wildman–Crippen MR) is 134 cm³/mol. The number of nitrogens with zero attached hydrogens (tertiary/aromatic N) is 2. The van der Waals surface area contributed by atoms with Crippen LogP contribution >= 0.6 is 15.9 Å². The maximum Gasteiger partial charge on any atom is 0.307 e. The molecule has 1 aromatic heterocycles. The summed E-state index contributed by atoms with van der Waals surface area (Å²) >= 11 is 3.47. The Morgan fingerprint density at radius 3 is 2.67 bits per heavy atom. The van der Waals surface area contributed by atoms with Crippen molar-refractivity contribution >= 4 is 44.7 Å². The number of carbonyl (C=O) groups is 1. The largest absolute Gasteiger partial charge is 0.490 e. The van der Waals surface area contributed by atoms with Gasteiger partial charge in [0.15, 0.2) is 17.3 Å². The number of hydrazone groups is 1. The number of non-ortho nitro benzene ring substituents is 1. The van der Waals surface area contributed by atoms with Gasteiger partial charge in [0.1, 0.15) is 18.0 Å². The normalized spacial score (nSPS) is 11.1. The molecule has 9 nitrogen and oxygen atoms in total. The van der Waals surface area contributed by atoms with Crippen molar-refractivity contribution in [1.82, 2.24) is 5.43 Å². The second kappa shape index (κ2) is 11.0. The summed E-state index contributed by atoms with van der Waals surface area (Å²) in [7, 11) is 0. The van der Waals surface area contributed by atoms with Gasteiger partial charge in [-0.2, -0.15) is 5.10 Å². The number of furan rings is 1. The summed E-state index contributed by atoms with van der Waals surface area (Å²) in [4.78, 5) is 22.8. The van der Waals surface area contributed by atoms with E-state index in [0.29, 0.717) is 39.1 Å². The van der Waals surface area contributed by atoms with Crippen molar-refractivity contribution in [2.75, 3.05) is 6.61 Å². The molecule has 1 N–H and O–H groups in total. The van der Waals surface area contributed by atoms with E-state index >= 15 is 0 Å². The molecule has 1 amide bonds. The molecule has 0 aliphatic carbocycles. The van der Waals surface area contributed by atoms with Crippen LogP contribution in [0.25, 0.3) is 11.0 Å². The number of benzene rings is 3. The third-order valence-electron chi connectivity index (χ3n) is 4.94. The van der Waals surface area contributed by atoms with Crippen LogP contribution in [0.5, 0.6) is 11.5 Å². The first-order valence-corrected chi connectivity index (χ1v) is 11.5. The van der Waals surface area contributed by atoms with E-state index in [1.165, 1.54) is 42.6 Å². The van der Waals surface area contributed by atoms with E-state index in [4.69, 9.17) is 13.9 Å². The minimum Gasteiger partial charge on any atom is -0.490 e. The van der Waals surface area contributed by atoms with Gasteiger partial charge in [-0.3, -0.25) is 14.9 Å². The quantitative estimate of drug-likeness (QED) is 0.154. The lowest BCUT2D eigenvalue weighted by molar-refractivity contribution is -0.384. The maximum absolute atomic E-state index is 13.1. The standard InChI is InChI=1S/C25H19BrFN3O6/c1-2-34-22-10-16(9-20(26)24(22)35-14-15-3-5-18(27)6-4-15)13-28-29-25(31)23-12-17-11-19(30(32)33)7-8-21(17)36-23/h3-13H,2,14H2,1H3,(H,29,31)/b28-13-. The molecular weight excluding hydrogens is 537 g/mol. The Morgan fingerprint density at radius 1 is 1.17 bits per heavy atom. The van der Waals surface area contributed by atoms with Crippen molar-refractivity contribution in [3.63, 3.8) is 0 Å². The Labute approximate surface area is 212 Å². The molecule has 3 aromatic carbocycles. The Hall–Kier alpha value is -4.25. The summed E-state index contributed by atoms with van der Waals surface area (Å²) in [6.45, 7) is 2.44. The maximum atomic E-state index is 13.1. The van der Waals surface area contributed by atoms with Crippen LogP contribution in [0.4, 0.5) is 10.1 Å². The van der Waals surface area contributed by atoms with Crippen LogP contribution in [0.15, 0.2) is 74.7 Å². The molecule has 11 heteroatoms. The fourth-order valence-electron chi connectivity index (χ4n) is 3.28. The second-order valence-corrected chi connectivity index (χ2v) is 8.32. The lowest BCUT2D eigenvalue weighted by Crippen LogP contribution is -2.16. The first kappa shape index (κ1) is 24.9. The van der Waals surface area contributed by atoms with Gasteiger partial charge in [-0.05, 0) is 70.4 Å². The fourth-order valence-corrected chi connectivity index (χ4v) is 3.85. The number of nitro benzene ring substituents is 1. The molecule has 4 rings (SSSR count). The van der Waals surface area contributed by atoms with Gasteiger partial charge in [0, 0.05) is 17.5 Å². The molecule has 0 spiro atoms. The molecule has 0 aliphatic heterocycles. The Kier molecular flexibility index (Phi) is 7.59. The Bertz CT molecular complexity index is 1450. The number of rotatable bonds is 9. The summed E-state index contributed by atoms with van der Waals surface area (Å²) in [5.74, 6) is -0.0499. The van der Waals surface area contributed by atoms with Crippen molar-refractivity contribution < 1.29 is 28.0 Å². The van der Waals surface area contributed by atoms with Crippen LogP contribution in [0.2, 0.25) is 0 Å². The molecule has 36 heavy (non-hydrogen) atoms. The van der Waals surface area contributed by atoms with Crippen molar-refractivity contribution in [3.8, 4) is 11.5 Å². The SMILES string of the molecule is CCOc1cc(/C=N\NC(=O)c2cc3cc([N+](=O)[O-])ccc3o2)cc(Br)c1OCc1ccc(F)cc1. The van der Waals surface area contributed by atoms with Crippen molar-refractivity contribution in [3.05, 3.63) is 98.0 Å². The minimum atomic E-state index is -0.617. The molecule has 0 radical (unpaired) electrons. The number of hydrogen-bond donors (Lipinski definition) is 1. The minimum absolute atomic E-state index is 0.0385. The highest BCUT2D eigenvalue weighted by atomic mass is 79.9. The van der Waals surface area contributed by atoms with Crippen LogP contribution in [-0.4, -0.2) is 23.7 Å². The van der Waals surface area contributed by atoms with Gasteiger partial charge in [-0.15, -0.1) is 0 Å². The molecule has 0 fully saturated rings. The molecule has 0 bridgehead atoms. The van der Waals surface area contributed by atoms with E-state index in [2.05, 4.69) is 26.5 Å². The molecule has 184 valence electrons. The van der Waals surface area contributed by atoms with Gasteiger partial charge < -0.3 is 13.9 Å². The van der Waals surface area contributed by atoms with Gasteiger partial charge in [-0.25, -0.2) is 9.82 Å². The number of ether oxygens (including phenoxy) is 2. The zero-order chi connectivity index (χ0) is 25.7. The molecule has 0 aliphatic rings. The van der Waals surface area contributed by atoms with E-state index in [1.54, 1.807) is 24.3 Å². The number of fused-ring (bicyclic) bond motifs is 1. The zero-order valence-electron chi connectivity index (χ0n) is 18.9. The van der Waals surface area contributed by atoms with E-state index < -0.39 is 10.8 Å². The molecule has 0 atom stereocenters. The van der Waals surface area contributed by atoms with Crippen LogP contribution in [0.1, 0.15) is 28.6 Å². The van der Waals surface area contributed by atoms with Gasteiger partial charge in [0.05, 0.1) is 22.2 Å². The second-order valence-electron chi connectivity index (χ2n) is 7.47. The topological polar surface area (TPSA) is 116 Å². The first-order valence-electron chi connectivity index (χ1n) is 10.7. The number of nitro groups is 1. The highest BCUT2D eigenvalue weighted by Crippen LogP contribution is 2.37. The number of halogens is 2. The summed E-state index contributed by atoms with van der Waals surface area (Å²) < 4.78 is 30.8. The van der Waals surface area contributed by atoms with Crippen molar-refractivity contribution in [2.45, 2.75) is 13.5 Å². The fraction of sp³-hybridized carbons (Fsp3) is 0.120. The van der Waals surface area contributed by atoms with Crippen LogP contribution in [0.3, 0.4) is 0 Å². The monoisotopic (exact) mass is 555 g/mol. The van der Waals surface area contributed by atoms with Crippen LogP contribution in [0, 0.1) is 15.9 Å². The zero-order valence-corrected chi connectivity index (χ0v) is 20.5. The molecule has 0 saturated carbocycles. The number of carbonyl (C=O) groups excluding carboxylic acids is 1. The number of amides is 1. The molecule has 1 heterocycles. The van der Waals surface area contributed by atoms with E-state index in [9.17, 15) is 19.3 Å². The lowest BCUT2D eigenvalue weighted by Gasteiger charge is -2.14. The van der Waals surface area contributed by atoms with E-state index in [0.717, 1.165) is 5.56 Å². The highest BCUT2D eigenvalue weighted by molar-refractivity contribution is 9.10. The van der Waals surface area contributed by atoms with Gasteiger partial charge in [0.25, 0.3) is 5.69 Å². The molecule has 0 unspecified atom stereocenters. The van der Waals surface area contributed by atoms with Crippen LogP contribution < -0.4 is 14.9 Å². The summed E-state index contributed by atoms with van der Waals surface area (Å²) in [6, 6.07) is 14.9. The van der Waals surface area contributed by atoms with Crippen molar-refractivity contribution in [2.24, 2.45) is 5.10 Å². The Balaban J connectivity index is 1.46. The average molecular weight is 556 g/mol. The van der Waals surface area contributed by atoms with Gasteiger partial charge >= 0.3 is 5.91 Å². The van der Waals surface area contributed by atoms with E-state index in [-0.39, 0.29) is 23.9 Å². The van der Waals surface area contributed by atoms with Gasteiger partial charge in [0.2, 0.25) is 0 Å². The summed E-state index contributed by atoms with van der Waals surface area (Å²) in [5.41, 5.74) is 4.01. The lowest BCUT2D eigenvalue weighted by atomic mass is 10.2. The number of nitrogens with one attached hydrogen (secondary N) is 1. The van der Waals surface area contributed by atoms with Gasteiger partial charge in [-0.1, -0.05) is 12.1 Å². The average Bonchev–Trinajstić information content (AvgIpc) is 3.28. The first-order chi connectivity index (χ1) is 17.3.